The summed E-state index contributed by atoms with van der Waals surface area (Å²) in [5, 5.41) is 0.654. The van der Waals surface area contributed by atoms with E-state index in [-0.39, 0.29) is 5.82 Å². The van der Waals surface area contributed by atoms with Gasteiger partial charge in [0.25, 0.3) is 0 Å². The molecule has 0 unspecified atom stereocenters. The van der Waals surface area contributed by atoms with E-state index in [9.17, 15) is 4.39 Å². The number of hydrogen-bond acceptors (Lipinski definition) is 2. The summed E-state index contributed by atoms with van der Waals surface area (Å²) >= 11 is 6.93. The first-order valence-corrected chi connectivity index (χ1v) is 5.90. The quantitative estimate of drug-likeness (QED) is 0.790. The van der Waals surface area contributed by atoms with Crippen LogP contribution in [0.5, 0.6) is 0 Å². The molecule has 0 aliphatic carbocycles. The summed E-state index contributed by atoms with van der Waals surface area (Å²) in [6.45, 7) is 2.00. The van der Waals surface area contributed by atoms with Crippen molar-refractivity contribution in [1.82, 2.24) is 4.98 Å². The molecular weight excluding hydrogens is 245 g/mol. The molecule has 1 aromatic carbocycles. The second-order valence-corrected chi connectivity index (χ2v) is 4.86. The second-order valence-electron chi connectivity index (χ2n) is 3.36. The number of nitrogens with zero attached hydrogens (tertiary/aromatic N) is 1. The van der Waals surface area contributed by atoms with Gasteiger partial charge >= 0.3 is 0 Å². The Hall–Kier alpha value is -1.06. The molecule has 4 heteroatoms. The molecular formula is C12H9ClFNS. The molecule has 1 aromatic heterocycles. The predicted molar refractivity (Wildman–Crippen MR) is 64.5 cm³/mol. The van der Waals surface area contributed by atoms with Crippen LogP contribution in [0.3, 0.4) is 0 Å². The van der Waals surface area contributed by atoms with Crippen molar-refractivity contribution in [3.05, 3.63) is 52.9 Å². The van der Waals surface area contributed by atoms with Crippen LogP contribution < -0.4 is 0 Å². The maximum atomic E-state index is 13.5. The molecule has 1 heterocycles. The van der Waals surface area contributed by atoms with Gasteiger partial charge in [0.05, 0.1) is 5.02 Å². The minimum absolute atomic E-state index is 0.311. The summed E-state index contributed by atoms with van der Waals surface area (Å²) in [6, 6.07) is 9.11. The lowest BCUT2D eigenvalue weighted by Crippen LogP contribution is -1.86. The minimum Gasteiger partial charge on any atom is -0.245 e. The molecule has 0 bridgehead atoms. The Morgan fingerprint density at radius 3 is 2.81 bits per heavy atom. The molecule has 0 radical (unpaired) electrons. The first kappa shape index (κ1) is 11.4. The maximum Gasteiger partial charge on any atom is 0.157 e. The van der Waals surface area contributed by atoms with Crippen LogP contribution in [0.4, 0.5) is 4.39 Å². The first-order valence-electron chi connectivity index (χ1n) is 4.71. The fourth-order valence-electron chi connectivity index (χ4n) is 1.27. The number of hydrogen-bond donors (Lipinski definition) is 0. The highest BCUT2D eigenvalue weighted by atomic mass is 35.5. The molecule has 0 N–H and O–H groups in total. The summed E-state index contributed by atoms with van der Waals surface area (Å²) < 4.78 is 13.5. The topological polar surface area (TPSA) is 12.9 Å². The number of pyridine rings is 1. The van der Waals surface area contributed by atoms with E-state index in [1.54, 1.807) is 0 Å². The van der Waals surface area contributed by atoms with Crippen molar-refractivity contribution in [3.8, 4) is 0 Å². The van der Waals surface area contributed by atoms with Crippen molar-refractivity contribution >= 4 is 23.4 Å². The Morgan fingerprint density at radius 2 is 2.12 bits per heavy atom. The zero-order chi connectivity index (χ0) is 11.5. The van der Waals surface area contributed by atoms with E-state index in [4.69, 9.17) is 11.6 Å². The Kier molecular flexibility index (Phi) is 3.46. The molecule has 2 aromatic rings. The summed E-state index contributed by atoms with van der Waals surface area (Å²) in [4.78, 5) is 4.93. The number of aryl methyl sites for hydroxylation is 1. The molecule has 1 nitrogen and oxygen atoms in total. The number of aromatic nitrogens is 1. The number of halogens is 2. The predicted octanol–water partition coefficient (Wildman–Crippen LogP) is 4.33. The van der Waals surface area contributed by atoms with E-state index in [2.05, 4.69) is 4.98 Å². The molecule has 82 valence electrons. The molecule has 0 fully saturated rings. The van der Waals surface area contributed by atoms with E-state index < -0.39 is 0 Å². The monoisotopic (exact) mass is 253 g/mol. The van der Waals surface area contributed by atoms with Gasteiger partial charge in [0.2, 0.25) is 0 Å². The Bertz CT molecular complexity index is 516. The van der Waals surface area contributed by atoms with Gasteiger partial charge in [-0.2, -0.15) is 0 Å². The maximum absolute atomic E-state index is 13.5. The fourth-order valence-corrected chi connectivity index (χ4v) is 2.29. The standard InChI is InChI=1S/C12H9ClFNS/c1-8-3-2-4-10(5-8)16-12-11(14)6-9(13)7-15-12/h2-7H,1H3. The summed E-state index contributed by atoms with van der Waals surface area (Å²) in [6.07, 6.45) is 1.45. The van der Waals surface area contributed by atoms with Crippen LogP contribution in [0.1, 0.15) is 5.56 Å². The van der Waals surface area contributed by atoms with Crippen molar-refractivity contribution in [2.75, 3.05) is 0 Å². The number of benzene rings is 1. The molecule has 0 saturated heterocycles. The molecule has 0 amide bonds. The first-order chi connectivity index (χ1) is 7.65. The van der Waals surface area contributed by atoms with Crippen LogP contribution in [0.2, 0.25) is 5.02 Å². The van der Waals surface area contributed by atoms with Crippen LogP contribution in [0, 0.1) is 12.7 Å². The second kappa shape index (κ2) is 4.85. The zero-order valence-corrected chi connectivity index (χ0v) is 10.1. The fraction of sp³-hybridized carbons (Fsp3) is 0.0833. The normalized spacial score (nSPS) is 10.4. The van der Waals surface area contributed by atoms with Crippen molar-refractivity contribution in [2.45, 2.75) is 16.8 Å². The highest BCUT2D eigenvalue weighted by Crippen LogP contribution is 2.29. The average molecular weight is 254 g/mol. The van der Waals surface area contributed by atoms with Crippen molar-refractivity contribution in [3.63, 3.8) is 0 Å². The van der Waals surface area contributed by atoms with Crippen LogP contribution >= 0.6 is 23.4 Å². The summed E-state index contributed by atoms with van der Waals surface area (Å²) in [7, 11) is 0. The van der Waals surface area contributed by atoms with E-state index in [1.165, 1.54) is 24.0 Å². The van der Waals surface area contributed by atoms with Gasteiger partial charge < -0.3 is 0 Å². The summed E-state index contributed by atoms with van der Waals surface area (Å²) in [5.41, 5.74) is 1.14. The van der Waals surface area contributed by atoms with E-state index >= 15 is 0 Å². The Balaban J connectivity index is 2.27. The SMILES string of the molecule is Cc1cccc(Sc2ncc(Cl)cc2F)c1. The van der Waals surface area contributed by atoms with Crippen LogP contribution in [0.25, 0.3) is 0 Å². The molecule has 0 atom stereocenters. The lowest BCUT2D eigenvalue weighted by Gasteiger charge is -2.03. The smallest absolute Gasteiger partial charge is 0.157 e. The lowest BCUT2D eigenvalue weighted by molar-refractivity contribution is 0.588. The van der Waals surface area contributed by atoms with Gasteiger partial charge in [-0.3, -0.25) is 0 Å². The minimum atomic E-state index is -0.390. The Morgan fingerprint density at radius 1 is 1.31 bits per heavy atom. The van der Waals surface area contributed by atoms with Crippen LogP contribution in [-0.2, 0) is 0 Å². The molecule has 0 aliphatic rings. The van der Waals surface area contributed by atoms with E-state index in [0.29, 0.717) is 10.0 Å². The molecule has 0 spiro atoms. The Labute approximate surface area is 103 Å². The third kappa shape index (κ3) is 2.74. The van der Waals surface area contributed by atoms with Crippen molar-refractivity contribution < 1.29 is 4.39 Å². The third-order valence-electron chi connectivity index (χ3n) is 1.98. The van der Waals surface area contributed by atoms with E-state index in [0.717, 1.165) is 10.5 Å². The van der Waals surface area contributed by atoms with Gasteiger partial charge in [-0.05, 0) is 25.1 Å². The highest BCUT2D eigenvalue weighted by molar-refractivity contribution is 7.99. The van der Waals surface area contributed by atoms with Gasteiger partial charge in [0.15, 0.2) is 5.82 Å². The van der Waals surface area contributed by atoms with Gasteiger partial charge in [0.1, 0.15) is 5.03 Å². The highest BCUT2D eigenvalue weighted by Gasteiger charge is 2.06. The van der Waals surface area contributed by atoms with Crippen LogP contribution in [0.15, 0.2) is 46.5 Å². The number of rotatable bonds is 2. The average Bonchev–Trinajstić information content (AvgIpc) is 2.22. The van der Waals surface area contributed by atoms with Crippen molar-refractivity contribution in [1.29, 1.82) is 0 Å². The largest absolute Gasteiger partial charge is 0.245 e. The molecule has 2 rings (SSSR count). The van der Waals surface area contributed by atoms with Gasteiger partial charge in [-0.1, -0.05) is 41.1 Å². The van der Waals surface area contributed by atoms with E-state index in [1.807, 2.05) is 31.2 Å². The van der Waals surface area contributed by atoms with Crippen LogP contribution in [-0.4, -0.2) is 4.98 Å². The van der Waals surface area contributed by atoms with Gasteiger partial charge in [0, 0.05) is 11.1 Å². The van der Waals surface area contributed by atoms with Gasteiger partial charge in [-0.15, -0.1) is 0 Å². The lowest BCUT2D eigenvalue weighted by atomic mass is 10.2. The van der Waals surface area contributed by atoms with Gasteiger partial charge in [-0.25, -0.2) is 9.37 Å². The van der Waals surface area contributed by atoms with Crippen molar-refractivity contribution in [2.24, 2.45) is 0 Å². The zero-order valence-electron chi connectivity index (χ0n) is 8.58. The molecule has 0 aliphatic heterocycles. The third-order valence-corrected chi connectivity index (χ3v) is 3.17. The molecule has 16 heavy (non-hydrogen) atoms. The summed E-state index contributed by atoms with van der Waals surface area (Å²) in [5.74, 6) is -0.390. The molecule has 0 saturated carbocycles.